The van der Waals surface area contributed by atoms with Crippen LogP contribution in [0.25, 0.3) is 0 Å². The molecule has 3 atom stereocenters. The minimum atomic E-state index is -0.289. The largest absolute Gasteiger partial charge is 0.389 e. The Balaban J connectivity index is 2.16. The van der Waals surface area contributed by atoms with Crippen molar-refractivity contribution in [2.45, 2.75) is 45.1 Å². The normalized spacial score (nSPS) is 49.1. The molecule has 64 valence electrons. The first kappa shape index (κ1) is 7.60. The second kappa shape index (κ2) is 2.22. The summed E-state index contributed by atoms with van der Waals surface area (Å²) in [5, 5.41) is 10.3. The van der Waals surface area contributed by atoms with Gasteiger partial charge in [-0.3, -0.25) is 0 Å². The maximum Gasteiger partial charge on any atom is 0.0701 e. The van der Waals surface area contributed by atoms with Gasteiger partial charge < -0.3 is 5.11 Å². The molecule has 2 fully saturated rings. The van der Waals surface area contributed by atoms with E-state index < -0.39 is 0 Å². The van der Waals surface area contributed by atoms with Crippen LogP contribution in [0.2, 0.25) is 0 Å². The molecule has 1 N–H and O–H groups in total. The fourth-order valence-electron chi connectivity index (χ4n) is 3.05. The summed E-state index contributed by atoms with van der Waals surface area (Å²) in [5.41, 5.74) is -0.289. The highest BCUT2D eigenvalue weighted by Crippen LogP contribution is 2.53. The van der Waals surface area contributed by atoms with Crippen molar-refractivity contribution in [2.24, 2.45) is 17.8 Å². The summed E-state index contributed by atoms with van der Waals surface area (Å²) in [6.07, 6.45) is 5.03. The fourth-order valence-corrected chi connectivity index (χ4v) is 3.05. The van der Waals surface area contributed by atoms with Crippen LogP contribution in [0.4, 0.5) is 0 Å². The van der Waals surface area contributed by atoms with Crippen molar-refractivity contribution in [3.8, 4) is 0 Å². The highest BCUT2D eigenvalue weighted by atomic mass is 16.3. The van der Waals surface area contributed by atoms with E-state index in [2.05, 4.69) is 13.8 Å². The zero-order valence-corrected chi connectivity index (χ0v) is 7.51. The van der Waals surface area contributed by atoms with Gasteiger partial charge in [-0.25, -0.2) is 0 Å². The molecule has 0 aliphatic heterocycles. The molecule has 0 aromatic carbocycles. The molecule has 0 aromatic rings. The Kier molecular flexibility index (Phi) is 1.54. The van der Waals surface area contributed by atoms with Crippen LogP contribution in [-0.4, -0.2) is 10.7 Å². The zero-order valence-electron chi connectivity index (χ0n) is 7.51. The predicted octanol–water partition coefficient (Wildman–Crippen LogP) is 2.19. The van der Waals surface area contributed by atoms with Gasteiger partial charge in [-0.1, -0.05) is 13.8 Å². The predicted molar refractivity (Wildman–Crippen MR) is 45.2 cm³/mol. The summed E-state index contributed by atoms with van der Waals surface area (Å²) in [6, 6.07) is 0. The van der Waals surface area contributed by atoms with Crippen LogP contribution in [0.5, 0.6) is 0 Å². The van der Waals surface area contributed by atoms with Crippen LogP contribution < -0.4 is 0 Å². The molecule has 2 rings (SSSR count). The minimum absolute atomic E-state index is 0.289. The van der Waals surface area contributed by atoms with Crippen LogP contribution in [0.3, 0.4) is 0 Å². The van der Waals surface area contributed by atoms with Gasteiger partial charge in [-0.15, -0.1) is 0 Å². The van der Waals surface area contributed by atoms with Gasteiger partial charge in [0.2, 0.25) is 0 Å². The Morgan fingerprint density at radius 1 is 1.36 bits per heavy atom. The van der Waals surface area contributed by atoms with Crippen LogP contribution in [0.1, 0.15) is 39.5 Å². The smallest absolute Gasteiger partial charge is 0.0701 e. The average molecular weight is 154 g/mol. The van der Waals surface area contributed by atoms with Crippen molar-refractivity contribution in [1.82, 2.24) is 0 Å². The molecule has 0 radical (unpaired) electrons. The highest BCUT2D eigenvalue weighted by molar-refractivity contribution is 5.02. The lowest BCUT2D eigenvalue weighted by Crippen LogP contribution is -2.40. The van der Waals surface area contributed by atoms with E-state index in [-0.39, 0.29) is 5.60 Å². The molecular formula is C10H18O. The molecule has 2 bridgehead atoms. The summed E-state index contributed by atoms with van der Waals surface area (Å²) in [5.74, 6) is 1.94. The Bertz CT molecular complexity index is 164. The molecule has 0 heterocycles. The van der Waals surface area contributed by atoms with Gasteiger partial charge in [0.1, 0.15) is 0 Å². The zero-order chi connectivity index (χ0) is 8.06. The number of rotatable bonds is 1. The van der Waals surface area contributed by atoms with E-state index in [0.29, 0.717) is 11.8 Å². The lowest BCUT2D eigenvalue weighted by Gasteiger charge is -2.36. The molecule has 0 unspecified atom stereocenters. The van der Waals surface area contributed by atoms with E-state index in [1.807, 2.05) is 0 Å². The average Bonchev–Trinajstić information content (AvgIpc) is 2.45. The third kappa shape index (κ3) is 0.936. The topological polar surface area (TPSA) is 20.2 Å². The first-order valence-corrected chi connectivity index (χ1v) is 4.85. The Labute approximate surface area is 68.8 Å². The van der Waals surface area contributed by atoms with Crippen LogP contribution in [-0.2, 0) is 0 Å². The van der Waals surface area contributed by atoms with Gasteiger partial charge in [-0.2, -0.15) is 0 Å². The maximum atomic E-state index is 10.3. The fraction of sp³-hybridized carbons (Fsp3) is 1.00. The number of aliphatic hydroxyl groups is 1. The molecule has 2 aliphatic rings. The standard InChI is InChI=1S/C10H18O/c1-7(2)10(11)6-8-3-4-9(10)5-8/h7-9,11H,3-6H2,1-2H3/t8-,9+,10+/m0/s1. The lowest BCUT2D eigenvalue weighted by molar-refractivity contribution is -0.0529. The van der Waals surface area contributed by atoms with E-state index in [9.17, 15) is 5.11 Å². The summed E-state index contributed by atoms with van der Waals surface area (Å²) < 4.78 is 0. The van der Waals surface area contributed by atoms with E-state index in [1.54, 1.807) is 0 Å². The van der Waals surface area contributed by atoms with Crippen molar-refractivity contribution in [2.75, 3.05) is 0 Å². The third-order valence-electron chi connectivity index (χ3n) is 3.86. The van der Waals surface area contributed by atoms with Crippen LogP contribution in [0, 0.1) is 17.8 Å². The minimum Gasteiger partial charge on any atom is -0.389 e. The van der Waals surface area contributed by atoms with Gasteiger partial charge in [-0.05, 0) is 43.4 Å². The van der Waals surface area contributed by atoms with Gasteiger partial charge in [0.25, 0.3) is 0 Å². The van der Waals surface area contributed by atoms with Crippen molar-refractivity contribution >= 4 is 0 Å². The summed E-state index contributed by atoms with van der Waals surface area (Å²) in [6.45, 7) is 4.31. The van der Waals surface area contributed by atoms with Gasteiger partial charge in [0, 0.05) is 0 Å². The summed E-state index contributed by atoms with van der Waals surface area (Å²) in [7, 11) is 0. The SMILES string of the molecule is CC(C)[C@]1(O)C[C@H]2CC[C@@H]1C2. The second-order valence-electron chi connectivity index (χ2n) is 4.73. The van der Waals surface area contributed by atoms with Crippen molar-refractivity contribution in [1.29, 1.82) is 0 Å². The van der Waals surface area contributed by atoms with E-state index in [1.165, 1.54) is 19.3 Å². The Morgan fingerprint density at radius 3 is 2.36 bits per heavy atom. The first-order chi connectivity index (χ1) is 5.13. The highest BCUT2D eigenvalue weighted by Gasteiger charge is 2.51. The third-order valence-corrected chi connectivity index (χ3v) is 3.86. The van der Waals surface area contributed by atoms with E-state index >= 15 is 0 Å². The summed E-state index contributed by atoms with van der Waals surface area (Å²) >= 11 is 0. The molecule has 0 saturated heterocycles. The Morgan fingerprint density at radius 2 is 2.09 bits per heavy atom. The molecule has 2 saturated carbocycles. The van der Waals surface area contributed by atoms with Crippen LogP contribution >= 0.6 is 0 Å². The van der Waals surface area contributed by atoms with Gasteiger partial charge in [0.15, 0.2) is 0 Å². The van der Waals surface area contributed by atoms with Gasteiger partial charge >= 0.3 is 0 Å². The summed E-state index contributed by atoms with van der Waals surface area (Å²) in [4.78, 5) is 0. The molecule has 1 heteroatoms. The molecule has 1 nitrogen and oxygen atoms in total. The quantitative estimate of drug-likeness (QED) is 0.614. The number of hydrogen-bond acceptors (Lipinski definition) is 1. The molecule has 2 aliphatic carbocycles. The van der Waals surface area contributed by atoms with Crippen molar-refractivity contribution in [3.63, 3.8) is 0 Å². The molecule has 0 aromatic heterocycles. The first-order valence-electron chi connectivity index (χ1n) is 4.85. The van der Waals surface area contributed by atoms with Crippen LogP contribution in [0.15, 0.2) is 0 Å². The van der Waals surface area contributed by atoms with Gasteiger partial charge in [0.05, 0.1) is 5.60 Å². The van der Waals surface area contributed by atoms with E-state index in [4.69, 9.17) is 0 Å². The molecule has 0 amide bonds. The Hall–Kier alpha value is -0.0400. The number of fused-ring (bicyclic) bond motifs is 2. The van der Waals surface area contributed by atoms with Crippen molar-refractivity contribution < 1.29 is 5.11 Å². The monoisotopic (exact) mass is 154 g/mol. The van der Waals surface area contributed by atoms with Crippen molar-refractivity contribution in [3.05, 3.63) is 0 Å². The molecular weight excluding hydrogens is 136 g/mol. The van der Waals surface area contributed by atoms with E-state index in [0.717, 1.165) is 12.3 Å². The number of hydrogen-bond donors (Lipinski definition) is 1. The maximum absolute atomic E-state index is 10.3. The second-order valence-corrected chi connectivity index (χ2v) is 4.73. The molecule has 0 spiro atoms. The molecule has 11 heavy (non-hydrogen) atoms. The lowest BCUT2D eigenvalue weighted by atomic mass is 9.76.